The van der Waals surface area contributed by atoms with E-state index in [4.69, 9.17) is 4.98 Å². The van der Waals surface area contributed by atoms with Crippen LogP contribution in [0.25, 0.3) is 38.2 Å². The molecule has 1 N–H and O–H groups in total. The van der Waals surface area contributed by atoms with Crippen LogP contribution in [-0.2, 0) is 0 Å². The molecule has 6 aromatic rings. The molecule has 3 heterocycles. The van der Waals surface area contributed by atoms with Gasteiger partial charge in [0.05, 0.1) is 17.6 Å². The first-order valence-corrected chi connectivity index (χ1v) is 12.2. The van der Waals surface area contributed by atoms with Crippen LogP contribution in [0.5, 0.6) is 0 Å². The molecule has 0 atom stereocenters. The molecule has 0 spiro atoms. The summed E-state index contributed by atoms with van der Waals surface area (Å²) in [6.45, 7) is 4.23. The molecule has 35 heavy (non-hydrogen) atoms. The van der Waals surface area contributed by atoms with Crippen molar-refractivity contribution in [3.63, 3.8) is 0 Å². The number of rotatable bonds is 5. The topological polar surface area (TPSA) is 67.5 Å². The van der Waals surface area contributed by atoms with Gasteiger partial charge in [-0.05, 0) is 31.0 Å². The van der Waals surface area contributed by atoms with Crippen molar-refractivity contribution in [1.82, 2.24) is 19.6 Å². The molecule has 0 radical (unpaired) electrons. The van der Waals surface area contributed by atoms with E-state index in [0.29, 0.717) is 5.82 Å². The number of thiazole rings is 1. The predicted octanol–water partition coefficient (Wildman–Crippen LogP) is 6.74. The number of aromatic nitrogens is 4. The lowest BCUT2D eigenvalue weighted by atomic mass is 10.0. The number of nitrogens with zero attached hydrogens (tertiary/aromatic N) is 5. The first kappa shape index (κ1) is 21.2. The second-order valence-electron chi connectivity index (χ2n) is 8.38. The summed E-state index contributed by atoms with van der Waals surface area (Å²) in [5.41, 5.74) is 10.4. The minimum absolute atomic E-state index is 0.608. The molecule has 0 saturated carbocycles. The van der Waals surface area contributed by atoms with Gasteiger partial charge in [-0.2, -0.15) is 5.10 Å². The van der Waals surface area contributed by atoms with E-state index in [-0.39, 0.29) is 0 Å². The number of hydrazone groups is 1. The molecule has 0 saturated heterocycles. The second-order valence-corrected chi connectivity index (χ2v) is 9.25. The van der Waals surface area contributed by atoms with Crippen LogP contribution in [0.2, 0.25) is 0 Å². The molecule has 0 aliphatic rings. The summed E-state index contributed by atoms with van der Waals surface area (Å²) in [7, 11) is 0. The molecule has 0 bridgehead atoms. The number of anilines is 1. The largest absolute Gasteiger partial charge is 0.289 e. The lowest BCUT2D eigenvalue weighted by molar-refractivity contribution is 1.04. The molecule has 7 heteroatoms. The van der Waals surface area contributed by atoms with Gasteiger partial charge in [0, 0.05) is 33.5 Å². The van der Waals surface area contributed by atoms with Crippen molar-refractivity contribution in [3.8, 4) is 22.5 Å². The van der Waals surface area contributed by atoms with Crippen LogP contribution in [0.15, 0.2) is 89.5 Å². The van der Waals surface area contributed by atoms with Crippen LogP contribution < -0.4 is 5.43 Å². The van der Waals surface area contributed by atoms with Gasteiger partial charge in [0.1, 0.15) is 5.69 Å². The summed E-state index contributed by atoms with van der Waals surface area (Å²) in [4.78, 5) is 5.74. The van der Waals surface area contributed by atoms with Gasteiger partial charge < -0.3 is 0 Å². The van der Waals surface area contributed by atoms with Crippen LogP contribution in [0.4, 0.5) is 5.82 Å². The summed E-state index contributed by atoms with van der Waals surface area (Å²) < 4.78 is 2.05. The molecule has 3 aromatic carbocycles. The molecule has 0 unspecified atom stereocenters. The van der Waals surface area contributed by atoms with Crippen molar-refractivity contribution in [2.75, 3.05) is 5.43 Å². The molecule has 170 valence electrons. The highest BCUT2D eigenvalue weighted by atomic mass is 32.1. The third-order valence-corrected chi connectivity index (χ3v) is 6.93. The number of fused-ring (bicyclic) bond motifs is 2. The lowest BCUT2D eigenvalue weighted by Crippen LogP contribution is -2.00. The first-order chi connectivity index (χ1) is 17.2. The van der Waals surface area contributed by atoms with Crippen molar-refractivity contribution in [2.24, 2.45) is 5.10 Å². The van der Waals surface area contributed by atoms with E-state index >= 15 is 0 Å². The van der Waals surface area contributed by atoms with Crippen LogP contribution >= 0.6 is 11.3 Å². The van der Waals surface area contributed by atoms with E-state index in [9.17, 15) is 0 Å². The van der Waals surface area contributed by atoms with Crippen molar-refractivity contribution < 1.29 is 0 Å². The summed E-state index contributed by atoms with van der Waals surface area (Å²) >= 11 is 1.60. The zero-order valence-corrected chi connectivity index (χ0v) is 20.1. The third kappa shape index (κ3) is 3.86. The fourth-order valence-corrected chi connectivity index (χ4v) is 4.90. The Kier molecular flexibility index (Phi) is 5.31. The summed E-state index contributed by atoms with van der Waals surface area (Å²) in [5.74, 6) is 0.608. The standard InChI is InChI=1S/C28H22N6S/c1-18-12-13-21(16-19(18)2)25-22-10-6-7-11-23(22)27(33-31-25)32-29-17-24-26(20-8-4-3-5-9-20)30-28-34(24)14-15-35-28/h3-17H,1-2H3,(H,32,33). The maximum absolute atomic E-state index is 4.81. The van der Waals surface area contributed by atoms with Gasteiger partial charge in [-0.25, -0.2) is 4.98 Å². The summed E-state index contributed by atoms with van der Waals surface area (Å²) in [5, 5.41) is 17.6. The second kappa shape index (κ2) is 8.77. The maximum Gasteiger partial charge on any atom is 0.194 e. The van der Waals surface area contributed by atoms with Gasteiger partial charge >= 0.3 is 0 Å². The number of hydrogen-bond acceptors (Lipinski definition) is 6. The smallest absolute Gasteiger partial charge is 0.194 e. The number of benzene rings is 3. The molecule has 6 nitrogen and oxygen atoms in total. The molecule has 0 amide bonds. The van der Waals surface area contributed by atoms with Crippen LogP contribution in [-0.4, -0.2) is 25.8 Å². The molecular formula is C28H22N6S. The Morgan fingerprint density at radius 3 is 2.46 bits per heavy atom. The van der Waals surface area contributed by atoms with Gasteiger partial charge in [-0.3, -0.25) is 9.83 Å². The van der Waals surface area contributed by atoms with E-state index < -0.39 is 0 Å². The summed E-state index contributed by atoms with van der Waals surface area (Å²) in [6.07, 6.45) is 3.80. The van der Waals surface area contributed by atoms with E-state index in [2.05, 4.69) is 71.0 Å². The highest BCUT2D eigenvalue weighted by Crippen LogP contribution is 2.31. The Bertz CT molecular complexity index is 1700. The maximum atomic E-state index is 4.81. The average molecular weight is 475 g/mol. The molecular weight excluding hydrogens is 452 g/mol. The third-order valence-electron chi connectivity index (χ3n) is 6.17. The van der Waals surface area contributed by atoms with Gasteiger partial charge in [-0.1, -0.05) is 66.7 Å². The van der Waals surface area contributed by atoms with Crippen molar-refractivity contribution in [3.05, 3.63) is 101 Å². The first-order valence-electron chi connectivity index (χ1n) is 11.3. The Morgan fingerprint density at radius 1 is 0.829 bits per heavy atom. The molecule has 0 fully saturated rings. The van der Waals surface area contributed by atoms with Crippen LogP contribution in [0, 0.1) is 13.8 Å². The van der Waals surface area contributed by atoms with Gasteiger partial charge in [-0.15, -0.1) is 21.5 Å². The minimum Gasteiger partial charge on any atom is -0.289 e. The van der Waals surface area contributed by atoms with Crippen molar-refractivity contribution >= 4 is 39.1 Å². The fourth-order valence-electron chi connectivity index (χ4n) is 4.18. The number of aryl methyl sites for hydroxylation is 2. The van der Waals surface area contributed by atoms with Crippen molar-refractivity contribution in [1.29, 1.82) is 0 Å². The minimum atomic E-state index is 0.608. The van der Waals surface area contributed by atoms with Crippen LogP contribution in [0.3, 0.4) is 0 Å². The molecule has 6 rings (SSSR count). The zero-order chi connectivity index (χ0) is 23.8. The fraction of sp³-hybridized carbons (Fsp3) is 0.0714. The van der Waals surface area contributed by atoms with Crippen LogP contribution in [0.1, 0.15) is 16.8 Å². The highest BCUT2D eigenvalue weighted by molar-refractivity contribution is 7.15. The molecule has 0 aliphatic carbocycles. The zero-order valence-electron chi connectivity index (χ0n) is 19.3. The predicted molar refractivity (Wildman–Crippen MR) is 144 cm³/mol. The Morgan fingerprint density at radius 2 is 1.63 bits per heavy atom. The number of nitrogens with one attached hydrogen (secondary N) is 1. The normalized spacial score (nSPS) is 11.6. The molecule has 0 aliphatic heterocycles. The monoisotopic (exact) mass is 474 g/mol. The van der Waals surface area contributed by atoms with E-state index in [1.807, 2.05) is 52.4 Å². The highest BCUT2D eigenvalue weighted by Gasteiger charge is 2.14. The molecule has 3 aromatic heterocycles. The number of hydrogen-bond donors (Lipinski definition) is 1. The quantitative estimate of drug-likeness (QED) is 0.222. The van der Waals surface area contributed by atoms with E-state index in [0.717, 1.165) is 43.9 Å². The Labute approximate surface area is 206 Å². The summed E-state index contributed by atoms with van der Waals surface area (Å²) in [6, 6.07) is 24.7. The van der Waals surface area contributed by atoms with E-state index in [1.165, 1.54) is 11.1 Å². The Balaban J connectivity index is 1.38. The number of imidazole rings is 1. The average Bonchev–Trinajstić information content (AvgIpc) is 3.49. The van der Waals surface area contributed by atoms with Gasteiger partial charge in [0.2, 0.25) is 0 Å². The SMILES string of the molecule is Cc1ccc(-c2nnc(NN=Cc3c(-c4ccccc4)nc4sccn34)c3ccccc23)cc1C. The van der Waals surface area contributed by atoms with E-state index in [1.54, 1.807) is 17.6 Å². The van der Waals surface area contributed by atoms with Crippen molar-refractivity contribution in [2.45, 2.75) is 13.8 Å². The Hall–Kier alpha value is -4.36. The lowest BCUT2D eigenvalue weighted by Gasteiger charge is -2.10. The van der Waals surface area contributed by atoms with Gasteiger partial charge in [0.15, 0.2) is 10.8 Å². The van der Waals surface area contributed by atoms with Gasteiger partial charge in [0.25, 0.3) is 0 Å².